The van der Waals surface area contributed by atoms with Crippen molar-refractivity contribution < 1.29 is 4.74 Å². The molecule has 1 aliphatic heterocycles. The average Bonchev–Trinajstić information content (AvgIpc) is 2.30. The number of rotatable bonds is 3. The quantitative estimate of drug-likeness (QED) is 0.797. The van der Waals surface area contributed by atoms with Crippen LogP contribution in [0.5, 0.6) is 0 Å². The highest BCUT2D eigenvalue weighted by Gasteiger charge is 2.30. The molecule has 2 fully saturated rings. The van der Waals surface area contributed by atoms with E-state index in [1.807, 2.05) is 0 Å². The first-order valence-electron chi connectivity index (χ1n) is 6.89. The molecule has 1 heterocycles. The van der Waals surface area contributed by atoms with Crippen molar-refractivity contribution >= 4 is 0 Å². The molecule has 3 heteroatoms. The Morgan fingerprint density at radius 3 is 2.62 bits per heavy atom. The van der Waals surface area contributed by atoms with Crippen LogP contribution < -0.4 is 5.73 Å². The molecular weight excluding hydrogens is 200 g/mol. The van der Waals surface area contributed by atoms with E-state index in [4.69, 9.17) is 10.5 Å². The molecule has 2 unspecified atom stereocenters. The Morgan fingerprint density at radius 2 is 1.94 bits per heavy atom. The fraction of sp³-hybridized carbons (Fsp3) is 1.00. The summed E-state index contributed by atoms with van der Waals surface area (Å²) >= 11 is 0. The van der Waals surface area contributed by atoms with Gasteiger partial charge in [0.25, 0.3) is 0 Å². The molecular formula is C13H26N2O. The van der Waals surface area contributed by atoms with E-state index < -0.39 is 0 Å². The minimum absolute atomic E-state index is 0.371. The van der Waals surface area contributed by atoms with E-state index in [-0.39, 0.29) is 0 Å². The van der Waals surface area contributed by atoms with Crippen LogP contribution in [0.2, 0.25) is 0 Å². The van der Waals surface area contributed by atoms with E-state index in [1.165, 1.54) is 32.1 Å². The van der Waals surface area contributed by atoms with E-state index in [9.17, 15) is 0 Å². The Bertz CT molecular complexity index is 204. The molecule has 0 radical (unpaired) electrons. The maximum Gasteiger partial charge on any atom is 0.0718 e. The highest BCUT2D eigenvalue weighted by atomic mass is 16.5. The van der Waals surface area contributed by atoms with Gasteiger partial charge >= 0.3 is 0 Å². The summed E-state index contributed by atoms with van der Waals surface area (Å²) in [6.45, 7) is 5.16. The van der Waals surface area contributed by atoms with Gasteiger partial charge in [-0.1, -0.05) is 19.3 Å². The molecule has 1 saturated carbocycles. The summed E-state index contributed by atoms with van der Waals surface area (Å²) in [5, 5.41) is 0. The first-order chi connectivity index (χ1) is 7.79. The molecule has 2 rings (SSSR count). The van der Waals surface area contributed by atoms with Gasteiger partial charge in [-0.05, 0) is 32.7 Å². The Labute approximate surface area is 99.3 Å². The van der Waals surface area contributed by atoms with Gasteiger partial charge in [-0.3, -0.25) is 4.90 Å². The lowest BCUT2D eigenvalue weighted by molar-refractivity contribution is -0.0934. The van der Waals surface area contributed by atoms with Crippen LogP contribution in [0.3, 0.4) is 0 Å². The van der Waals surface area contributed by atoms with Crippen LogP contribution in [0.1, 0.15) is 45.4 Å². The maximum atomic E-state index is 5.93. The third-order valence-corrected chi connectivity index (χ3v) is 3.93. The molecule has 2 N–H and O–H groups in total. The van der Waals surface area contributed by atoms with E-state index >= 15 is 0 Å². The van der Waals surface area contributed by atoms with Crippen molar-refractivity contribution in [1.82, 2.24) is 4.90 Å². The summed E-state index contributed by atoms with van der Waals surface area (Å²) in [7, 11) is 0. The second-order valence-corrected chi connectivity index (χ2v) is 5.39. The summed E-state index contributed by atoms with van der Waals surface area (Å²) in [5.41, 5.74) is 5.63. The summed E-state index contributed by atoms with van der Waals surface area (Å²) in [6, 6.07) is 0.820. The fourth-order valence-corrected chi connectivity index (χ4v) is 3.17. The van der Waals surface area contributed by atoms with Crippen LogP contribution >= 0.6 is 0 Å². The Balaban J connectivity index is 1.87. The molecule has 1 saturated heterocycles. The monoisotopic (exact) mass is 226 g/mol. The molecule has 0 aromatic heterocycles. The van der Waals surface area contributed by atoms with Crippen molar-refractivity contribution in [2.24, 2.45) is 5.73 Å². The van der Waals surface area contributed by atoms with Crippen LogP contribution in [-0.2, 0) is 4.74 Å². The van der Waals surface area contributed by atoms with Crippen LogP contribution in [0.4, 0.5) is 0 Å². The van der Waals surface area contributed by atoms with E-state index in [0.29, 0.717) is 12.2 Å². The Morgan fingerprint density at radius 1 is 1.19 bits per heavy atom. The summed E-state index contributed by atoms with van der Waals surface area (Å²) < 4.78 is 5.93. The Kier molecular flexibility index (Phi) is 4.62. The van der Waals surface area contributed by atoms with Crippen molar-refractivity contribution in [2.45, 2.75) is 63.7 Å². The lowest BCUT2D eigenvalue weighted by Gasteiger charge is -2.42. The first kappa shape index (κ1) is 12.3. The minimum atomic E-state index is 0.371. The van der Waals surface area contributed by atoms with Crippen molar-refractivity contribution in [3.05, 3.63) is 0 Å². The van der Waals surface area contributed by atoms with Gasteiger partial charge < -0.3 is 10.5 Å². The van der Waals surface area contributed by atoms with E-state index in [2.05, 4.69) is 11.8 Å². The predicted molar refractivity (Wildman–Crippen MR) is 66.5 cm³/mol. The molecule has 0 bridgehead atoms. The number of ether oxygens (including phenoxy) is 1. The largest absolute Gasteiger partial charge is 0.373 e. The van der Waals surface area contributed by atoms with Crippen molar-refractivity contribution in [3.8, 4) is 0 Å². The zero-order valence-electron chi connectivity index (χ0n) is 10.5. The number of nitrogens with two attached hydrogens (primary N) is 1. The summed E-state index contributed by atoms with van der Waals surface area (Å²) in [5.74, 6) is 0. The van der Waals surface area contributed by atoms with Crippen molar-refractivity contribution in [1.29, 1.82) is 0 Å². The van der Waals surface area contributed by atoms with Gasteiger partial charge in [0.2, 0.25) is 0 Å². The Hall–Kier alpha value is -0.120. The molecule has 1 aliphatic carbocycles. The molecule has 2 atom stereocenters. The van der Waals surface area contributed by atoms with Crippen LogP contribution in [0.25, 0.3) is 0 Å². The van der Waals surface area contributed by atoms with Gasteiger partial charge in [0, 0.05) is 19.1 Å². The van der Waals surface area contributed by atoms with Crippen molar-refractivity contribution in [2.75, 3.05) is 19.6 Å². The third kappa shape index (κ3) is 3.19. The number of nitrogens with zero attached hydrogens (tertiary/aromatic N) is 1. The lowest BCUT2D eigenvalue weighted by Crippen LogP contribution is -2.51. The fourth-order valence-electron chi connectivity index (χ4n) is 3.17. The highest BCUT2D eigenvalue weighted by Crippen LogP contribution is 2.25. The van der Waals surface area contributed by atoms with Gasteiger partial charge in [0.05, 0.1) is 12.2 Å². The smallest absolute Gasteiger partial charge is 0.0718 e. The van der Waals surface area contributed by atoms with E-state index in [1.54, 1.807) is 0 Å². The van der Waals surface area contributed by atoms with Crippen LogP contribution in [-0.4, -0.2) is 42.8 Å². The SMILES string of the molecule is CC1CN(C2CCCCC2)CC(CCN)O1. The summed E-state index contributed by atoms with van der Waals surface area (Å²) in [6.07, 6.45) is 8.80. The van der Waals surface area contributed by atoms with Gasteiger partial charge in [0.15, 0.2) is 0 Å². The average molecular weight is 226 g/mol. The summed E-state index contributed by atoms with van der Waals surface area (Å²) in [4.78, 5) is 2.66. The first-order valence-corrected chi connectivity index (χ1v) is 6.89. The highest BCUT2D eigenvalue weighted by molar-refractivity contribution is 4.83. The third-order valence-electron chi connectivity index (χ3n) is 3.93. The van der Waals surface area contributed by atoms with Gasteiger partial charge in [-0.2, -0.15) is 0 Å². The molecule has 0 aromatic carbocycles. The van der Waals surface area contributed by atoms with Gasteiger partial charge in [0.1, 0.15) is 0 Å². The molecule has 0 aromatic rings. The maximum absolute atomic E-state index is 5.93. The van der Waals surface area contributed by atoms with Crippen LogP contribution in [0.15, 0.2) is 0 Å². The molecule has 2 aliphatic rings. The standard InChI is InChI=1S/C13H26N2O/c1-11-9-15(10-13(16-11)7-8-14)12-5-3-2-4-6-12/h11-13H,2-10,14H2,1H3. The molecule has 0 amide bonds. The molecule has 16 heavy (non-hydrogen) atoms. The zero-order chi connectivity index (χ0) is 11.4. The predicted octanol–water partition coefficient (Wildman–Crippen LogP) is 1.76. The number of hydrogen-bond donors (Lipinski definition) is 1. The normalized spacial score (nSPS) is 34.1. The zero-order valence-corrected chi connectivity index (χ0v) is 10.5. The second-order valence-electron chi connectivity index (χ2n) is 5.39. The van der Waals surface area contributed by atoms with Gasteiger partial charge in [-0.25, -0.2) is 0 Å². The number of morpholine rings is 1. The topological polar surface area (TPSA) is 38.5 Å². The molecule has 3 nitrogen and oxygen atoms in total. The van der Waals surface area contributed by atoms with Gasteiger partial charge in [-0.15, -0.1) is 0 Å². The molecule has 0 spiro atoms. The minimum Gasteiger partial charge on any atom is -0.373 e. The van der Waals surface area contributed by atoms with E-state index in [0.717, 1.165) is 32.1 Å². The second kappa shape index (κ2) is 5.99. The number of hydrogen-bond acceptors (Lipinski definition) is 3. The van der Waals surface area contributed by atoms with Crippen molar-refractivity contribution in [3.63, 3.8) is 0 Å². The lowest BCUT2D eigenvalue weighted by atomic mass is 9.93. The molecule has 94 valence electrons. The van der Waals surface area contributed by atoms with Crippen LogP contribution in [0, 0.1) is 0 Å².